The minimum absolute atomic E-state index is 0.119. The van der Waals surface area contributed by atoms with Gasteiger partial charge in [-0.25, -0.2) is 18.6 Å². The topological polar surface area (TPSA) is 79.7 Å². The highest BCUT2D eigenvalue weighted by atomic mass is 35.5. The Morgan fingerprint density at radius 2 is 2.10 bits per heavy atom. The predicted octanol–water partition coefficient (Wildman–Crippen LogP) is 2.81. The van der Waals surface area contributed by atoms with Crippen LogP contribution in [0.2, 0.25) is 5.02 Å². The second-order valence-corrected chi connectivity index (χ2v) is 7.40. The summed E-state index contributed by atoms with van der Waals surface area (Å²) in [4.78, 5) is 32.2. The van der Waals surface area contributed by atoms with Crippen LogP contribution in [0.25, 0.3) is 0 Å². The average molecular weight is 426 g/mol. The quantitative estimate of drug-likeness (QED) is 0.712. The molecule has 0 bridgehead atoms. The fraction of sp³-hybridized carbons (Fsp3) is 0.389. The number of nitrogens with zero attached hydrogens (tertiary/aromatic N) is 4. The Balaban J connectivity index is 1.62. The second-order valence-electron chi connectivity index (χ2n) is 6.99. The fourth-order valence-corrected chi connectivity index (χ4v) is 3.71. The number of aromatic nitrogens is 2. The molecule has 2 aromatic rings. The van der Waals surface area contributed by atoms with Gasteiger partial charge in [0.05, 0.1) is 36.1 Å². The Bertz CT molecular complexity index is 1010. The molecule has 0 spiro atoms. The van der Waals surface area contributed by atoms with Gasteiger partial charge in [0.2, 0.25) is 0 Å². The third-order valence-corrected chi connectivity index (χ3v) is 5.36. The van der Waals surface area contributed by atoms with Crippen LogP contribution in [0.15, 0.2) is 12.1 Å². The summed E-state index contributed by atoms with van der Waals surface area (Å²) in [7, 11) is 1.52. The van der Waals surface area contributed by atoms with Gasteiger partial charge < -0.3 is 10.2 Å². The number of nitrogens with one attached hydrogen (secondary N) is 1. The molecule has 0 fully saturated rings. The number of carbonyl (C=O) groups excluding carboxylic acids is 2. The van der Waals surface area contributed by atoms with Crippen LogP contribution in [0.5, 0.6) is 0 Å². The summed E-state index contributed by atoms with van der Waals surface area (Å²) in [5.74, 6) is -2.19. The lowest BCUT2D eigenvalue weighted by molar-refractivity contribution is -0.103. The van der Waals surface area contributed by atoms with Crippen LogP contribution in [0.4, 0.5) is 19.3 Å². The SMILES string of the molecule is C[C@@H]1Cc2nn3c(c2CN1C(=O)Nc1cc(Cl)c(F)cc1F)C(=O)N(C)OCC3. The Morgan fingerprint density at radius 3 is 2.86 bits per heavy atom. The summed E-state index contributed by atoms with van der Waals surface area (Å²) in [6.07, 6.45) is 0.438. The van der Waals surface area contributed by atoms with E-state index in [9.17, 15) is 18.4 Å². The molecule has 11 heteroatoms. The molecule has 0 radical (unpaired) electrons. The highest BCUT2D eigenvalue weighted by molar-refractivity contribution is 6.31. The van der Waals surface area contributed by atoms with Crippen molar-refractivity contribution in [3.63, 3.8) is 0 Å². The third-order valence-electron chi connectivity index (χ3n) is 5.07. The largest absolute Gasteiger partial charge is 0.322 e. The van der Waals surface area contributed by atoms with Gasteiger partial charge in [-0.05, 0) is 13.0 Å². The number of hydroxylamine groups is 2. The van der Waals surface area contributed by atoms with Crippen molar-refractivity contribution in [3.8, 4) is 0 Å². The fourth-order valence-electron chi connectivity index (χ4n) is 3.55. The normalized spacial score (nSPS) is 18.9. The van der Waals surface area contributed by atoms with Gasteiger partial charge in [-0.3, -0.25) is 14.3 Å². The zero-order valence-electron chi connectivity index (χ0n) is 15.7. The number of anilines is 1. The average Bonchev–Trinajstić information content (AvgIpc) is 2.94. The second kappa shape index (κ2) is 7.27. The number of hydrogen-bond acceptors (Lipinski definition) is 4. The maximum atomic E-state index is 14.0. The molecule has 3 heterocycles. The van der Waals surface area contributed by atoms with Crippen molar-refractivity contribution in [3.05, 3.63) is 45.7 Å². The first-order chi connectivity index (χ1) is 13.8. The van der Waals surface area contributed by atoms with E-state index in [-0.39, 0.29) is 29.2 Å². The van der Waals surface area contributed by atoms with E-state index < -0.39 is 17.7 Å². The van der Waals surface area contributed by atoms with E-state index in [1.165, 1.54) is 11.9 Å². The molecule has 154 valence electrons. The maximum Gasteiger partial charge on any atom is 0.322 e. The van der Waals surface area contributed by atoms with Gasteiger partial charge in [-0.1, -0.05) is 11.6 Å². The molecule has 0 saturated carbocycles. The van der Waals surface area contributed by atoms with Gasteiger partial charge in [0.15, 0.2) is 0 Å². The van der Waals surface area contributed by atoms with Crippen LogP contribution in [-0.2, 0) is 24.3 Å². The lowest BCUT2D eigenvalue weighted by atomic mass is 9.99. The smallest absolute Gasteiger partial charge is 0.317 e. The molecule has 0 unspecified atom stereocenters. The summed E-state index contributed by atoms with van der Waals surface area (Å²) in [6, 6.07) is 0.799. The first-order valence-corrected chi connectivity index (χ1v) is 9.35. The van der Waals surface area contributed by atoms with E-state index in [1.54, 1.807) is 4.68 Å². The lowest BCUT2D eigenvalue weighted by Crippen LogP contribution is -2.45. The molecule has 1 N–H and O–H groups in total. The molecule has 3 amide bonds. The zero-order valence-corrected chi connectivity index (χ0v) is 16.5. The Morgan fingerprint density at radius 1 is 1.34 bits per heavy atom. The van der Waals surface area contributed by atoms with Crippen molar-refractivity contribution >= 4 is 29.2 Å². The molecule has 8 nitrogen and oxygen atoms in total. The first kappa shape index (κ1) is 19.6. The van der Waals surface area contributed by atoms with Crippen molar-refractivity contribution in [1.29, 1.82) is 0 Å². The van der Waals surface area contributed by atoms with Gasteiger partial charge in [-0.2, -0.15) is 5.10 Å². The van der Waals surface area contributed by atoms with Gasteiger partial charge in [0.25, 0.3) is 5.91 Å². The van der Waals surface area contributed by atoms with Crippen LogP contribution >= 0.6 is 11.6 Å². The van der Waals surface area contributed by atoms with Crippen molar-refractivity contribution < 1.29 is 23.2 Å². The zero-order chi connectivity index (χ0) is 20.9. The number of urea groups is 1. The Kier molecular flexibility index (Phi) is 4.91. The molecule has 29 heavy (non-hydrogen) atoms. The van der Waals surface area contributed by atoms with Crippen LogP contribution in [-0.4, -0.2) is 51.4 Å². The first-order valence-electron chi connectivity index (χ1n) is 8.98. The van der Waals surface area contributed by atoms with Crippen LogP contribution < -0.4 is 5.32 Å². The number of fused-ring (bicyclic) bond motifs is 3. The van der Waals surface area contributed by atoms with E-state index in [4.69, 9.17) is 16.4 Å². The molecule has 1 aromatic heterocycles. The monoisotopic (exact) mass is 425 g/mol. The highest BCUT2D eigenvalue weighted by Crippen LogP contribution is 2.29. The van der Waals surface area contributed by atoms with Gasteiger partial charge >= 0.3 is 6.03 Å². The number of hydrogen-bond donors (Lipinski definition) is 1. The summed E-state index contributed by atoms with van der Waals surface area (Å²) in [5, 5.41) is 7.79. The number of amides is 3. The highest BCUT2D eigenvalue weighted by Gasteiger charge is 2.36. The number of benzene rings is 1. The minimum Gasteiger partial charge on any atom is -0.317 e. The lowest BCUT2D eigenvalue weighted by Gasteiger charge is -2.33. The standard InChI is InChI=1S/C18H18ClF2N5O3/c1-9-5-14-10(16-17(27)24(2)29-4-3-26(16)23-14)8-25(9)18(28)22-15-6-11(19)12(20)7-13(15)21/h6-7,9H,3-5,8H2,1-2H3,(H,22,28)/t9-/m1/s1. The molecule has 0 saturated heterocycles. The minimum atomic E-state index is -0.932. The van der Waals surface area contributed by atoms with Crippen molar-refractivity contribution in [2.24, 2.45) is 0 Å². The van der Waals surface area contributed by atoms with E-state index >= 15 is 0 Å². The van der Waals surface area contributed by atoms with Crippen LogP contribution in [0.3, 0.4) is 0 Å². The number of carbonyl (C=O) groups is 2. The Labute approximate surface area is 169 Å². The van der Waals surface area contributed by atoms with Crippen molar-refractivity contribution in [1.82, 2.24) is 19.7 Å². The summed E-state index contributed by atoms with van der Waals surface area (Å²) < 4.78 is 29.0. The van der Waals surface area contributed by atoms with Gasteiger partial charge in [-0.15, -0.1) is 0 Å². The summed E-state index contributed by atoms with van der Waals surface area (Å²) in [5.41, 5.74) is 1.53. The molecular weight excluding hydrogens is 408 g/mol. The molecule has 1 atom stereocenters. The van der Waals surface area contributed by atoms with Crippen LogP contribution in [0, 0.1) is 11.6 Å². The maximum absolute atomic E-state index is 14.0. The summed E-state index contributed by atoms with van der Waals surface area (Å²) >= 11 is 5.69. The molecular formula is C18H18ClF2N5O3. The molecule has 1 aromatic carbocycles. The number of halogens is 3. The van der Waals surface area contributed by atoms with E-state index in [0.29, 0.717) is 36.9 Å². The Hall–Kier alpha value is -2.72. The van der Waals surface area contributed by atoms with E-state index in [1.807, 2.05) is 6.92 Å². The van der Waals surface area contributed by atoms with E-state index in [0.717, 1.165) is 16.8 Å². The third kappa shape index (κ3) is 3.42. The van der Waals surface area contributed by atoms with Gasteiger partial charge in [0, 0.05) is 31.1 Å². The van der Waals surface area contributed by atoms with E-state index in [2.05, 4.69) is 10.4 Å². The molecule has 2 aliphatic heterocycles. The van der Waals surface area contributed by atoms with Crippen molar-refractivity contribution in [2.75, 3.05) is 19.0 Å². The van der Waals surface area contributed by atoms with Crippen molar-refractivity contribution in [2.45, 2.75) is 32.5 Å². The van der Waals surface area contributed by atoms with Gasteiger partial charge in [0.1, 0.15) is 17.3 Å². The molecule has 2 aliphatic rings. The molecule has 0 aliphatic carbocycles. The number of rotatable bonds is 1. The molecule has 4 rings (SSSR count). The summed E-state index contributed by atoms with van der Waals surface area (Å²) in [6.45, 7) is 2.67. The van der Waals surface area contributed by atoms with Crippen LogP contribution in [0.1, 0.15) is 28.7 Å². The predicted molar refractivity (Wildman–Crippen MR) is 99.4 cm³/mol.